The first-order valence-corrected chi connectivity index (χ1v) is 4.82. The van der Waals surface area contributed by atoms with Crippen LogP contribution in [0, 0.1) is 0 Å². The lowest BCUT2D eigenvalue weighted by atomic mass is 10.5. The second-order valence-corrected chi connectivity index (χ2v) is 4.31. The number of carboxylic acid groups (broad SMARTS) is 1. The zero-order valence-electron chi connectivity index (χ0n) is 6.88. The minimum absolute atomic E-state index is 0.493. The molecule has 0 saturated carbocycles. The Kier molecular flexibility index (Phi) is 3.44. The summed E-state index contributed by atoms with van der Waals surface area (Å²) < 4.78 is 2.10. The van der Waals surface area contributed by atoms with Gasteiger partial charge in [-0.2, -0.15) is 0 Å². The minimum atomic E-state index is -0.868. The third kappa shape index (κ3) is 2.82. The van der Waals surface area contributed by atoms with Gasteiger partial charge in [-0.25, -0.2) is 4.98 Å². The van der Waals surface area contributed by atoms with E-state index in [1.165, 1.54) is 0 Å². The molecule has 0 aliphatic rings. The smallest absolute Gasteiger partial charge is 0.316 e. The van der Waals surface area contributed by atoms with Gasteiger partial charge in [-0.1, -0.05) is 24.0 Å². The van der Waals surface area contributed by atoms with Gasteiger partial charge < -0.3 is 5.11 Å². The summed E-state index contributed by atoms with van der Waals surface area (Å²) in [4.78, 5) is 14.3. The number of imidazole rings is 1. The molecule has 0 saturated heterocycles. The van der Waals surface area contributed by atoms with E-state index in [4.69, 9.17) is 17.3 Å². The monoisotopic (exact) mass is 216 g/mol. The Morgan fingerprint density at radius 1 is 1.77 bits per heavy atom. The van der Waals surface area contributed by atoms with Crippen molar-refractivity contribution in [3.8, 4) is 0 Å². The molecule has 0 aliphatic heterocycles. The van der Waals surface area contributed by atoms with Gasteiger partial charge in [0.25, 0.3) is 0 Å². The van der Waals surface area contributed by atoms with Crippen LogP contribution in [0.5, 0.6) is 0 Å². The highest BCUT2D eigenvalue weighted by Gasteiger charge is 2.14. The molecule has 1 aromatic rings. The van der Waals surface area contributed by atoms with Gasteiger partial charge >= 0.3 is 5.97 Å². The molecular formula is C7H8N2O2S2. The van der Waals surface area contributed by atoms with Gasteiger partial charge in [0.15, 0.2) is 0 Å². The van der Waals surface area contributed by atoms with E-state index in [2.05, 4.69) is 4.98 Å². The molecule has 0 aromatic carbocycles. The summed E-state index contributed by atoms with van der Waals surface area (Å²) >= 11 is 6.11. The molecule has 1 N–H and O–H groups in total. The Labute approximate surface area is 85.0 Å². The number of aliphatic carboxylic acids is 1. The van der Waals surface area contributed by atoms with Crippen molar-refractivity contribution >= 4 is 34.3 Å². The Morgan fingerprint density at radius 2 is 2.46 bits per heavy atom. The fourth-order valence-electron chi connectivity index (χ4n) is 0.630. The minimum Gasteiger partial charge on any atom is -0.480 e. The highest BCUT2D eigenvalue weighted by atomic mass is 32.2. The van der Waals surface area contributed by atoms with Gasteiger partial charge in [0, 0.05) is 12.4 Å². The molecule has 4 nitrogen and oxygen atoms in total. The number of aromatic nitrogens is 2. The van der Waals surface area contributed by atoms with Crippen LogP contribution < -0.4 is 0 Å². The summed E-state index contributed by atoms with van der Waals surface area (Å²) in [5.41, 5.74) is 0. The Morgan fingerprint density at radius 3 is 2.92 bits per heavy atom. The van der Waals surface area contributed by atoms with E-state index in [1.54, 1.807) is 30.2 Å². The van der Waals surface area contributed by atoms with Gasteiger partial charge in [-0.05, 0) is 6.92 Å². The second-order valence-electron chi connectivity index (χ2n) is 2.33. The fourth-order valence-corrected chi connectivity index (χ4v) is 1.80. The first-order chi connectivity index (χ1) is 6.11. The van der Waals surface area contributed by atoms with Crippen molar-refractivity contribution < 1.29 is 9.90 Å². The lowest BCUT2D eigenvalue weighted by Crippen LogP contribution is -2.16. The molecule has 0 bridgehead atoms. The van der Waals surface area contributed by atoms with E-state index < -0.39 is 11.2 Å². The number of hydrogen-bond donors (Lipinski definition) is 1. The number of rotatable bonds is 2. The first kappa shape index (κ1) is 10.2. The molecule has 0 radical (unpaired) electrons. The van der Waals surface area contributed by atoms with Crippen LogP contribution in [0.1, 0.15) is 6.92 Å². The van der Waals surface area contributed by atoms with Crippen LogP contribution in [-0.2, 0) is 4.79 Å². The van der Waals surface area contributed by atoms with Crippen LogP contribution in [0.2, 0.25) is 0 Å². The zero-order valence-corrected chi connectivity index (χ0v) is 8.51. The first-order valence-electron chi connectivity index (χ1n) is 3.53. The SMILES string of the molecule is CC(SC(=S)n1ccnc1)C(=O)O. The molecule has 1 aromatic heterocycles. The average Bonchev–Trinajstić information content (AvgIpc) is 2.55. The molecule has 0 spiro atoms. The molecule has 1 heterocycles. The summed E-state index contributed by atoms with van der Waals surface area (Å²) in [6.07, 6.45) is 4.83. The Bertz CT molecular complexity index is 310. The predicted molar refractivity (Wildman–Crippen MR) is 54.9 cm³/mol. The van der Waals surface area contributed by atoms with Crippen molar-refractivity contribution in [1.82, 2.24) is 9.55 Å². The molecule has 70 valence electrons. The summed E-state index contributed by atoms with van der Waals surface area (Å²) in [7, 11) is 0. The topological polar surface area (TPSA) is 55.1 Å². The number of thiocarbonyl (C=S) groups is 1. The third-order valence-electron chi connectivity index (χ3n) is 1.34. The van der Waals surface area contributed by atoms with Crippen molar-refractivity contribution in [2.45, 2.75) is 12.2 Å². The standard InChI is InChI=1S/C7H8N2O2S2/c1-5(6(10)11)13-7(12)9-3-2-8-4-9/h2-5H,1H3,(H,10,11). The maximum atomic E-state index is 10.5. The average molecular weight is 216 g/mol. The summed E-state index contributed by atoms with van der Waals surface area (Å²) in [5.74, 6) is -0.868. The summed E-state index contributed by atoms with van der Waals surface area (Å²) in [6, 6.07) is 0. The second kappa shape index (κ2) is 4.38. The van der Waals surface area contributed by atoms with Gasteiger partial charge in [0.1, 0.15) is 15.9 Å². The predicted octanol–water partition coefficient (Wildman–Crippen LogP) is 1.22. The maximum absolute atomic E-state index is 10.5. The molecule has 6 heteroatoms. The van der Waals surface area contributed by atoms with Crippen LogP contribution in [0.15, 0.2) is 18.7 Å². The van der Waals surface area contributed by atoms with Crippen molar-refractivity contribution in [1.29, 1.82) is 0 Å². The van der Waals surface area contributed by atoms with Crippen molar-refractivity contribution in [3.05, 3.63) is 18.7 Å². The molecular weight excluding hydrogens is 208 g/mol. The number of carbonyl (C=O) groups is 1. The van der Waals surface area contributed by atoms with Crippen LogP contribution in [-0.4, -0.2) is 30.2 Å². The van der Waals surface area contributed by atoms with E-state index in [9.17, 15) is 4.79 Å². The lowest BCUT2D eigenvalue weighted by molar-refractivity contribution is -0.136. The highest BCUT2D eigenvalue weighted by molar-refractivity contribution is 8.23. The molecule has 1 atom stereocenters. The van der Waals surface area contributed by atoms with E-state index in [0.29, 0.717) is 4.32 Å². The van der Waals surface area contributed by atoms with Crippen molar-refractivity contribution in [2.75, 3.05) is 0 Å². The van der Waals surface area contributed by atoms with E-state index in [0.717, 1.165) is 11.8 Å². The molecule has 0 fully saturated rings. The van der Waals surface area contributed by atoms with Crippen molar-refractivity contribution in [2.24, 2.45) is 0 Å². The van der Waals surface area contributed by atoms with E-state index in [-0.39, 0.29) is 0 Å². The highest BCUT2D eigenvalue weighted by Crippen LogP contribution is 2.14. The van der Waals surface area contributed by atoms with Crippen LogP contribution in [0.25, 0.3) is 0 Å². The van der Waals surface area contributed by atoms with Gasteiger partial charge in [-0.3, -0.25) is 9.36 Å². The third-order valence-corrected chi connectivity index (χ3v) is 2.81. The Hall–Kier alpha value is -0.880. The van der Waals surface area contributed by atoms with Gasteiger partial charge in [0.2, 0.25) is 0 Å². The van der Waals surface area contributed by atoms with Crippen LogP contribution in [0.3, 0.4) is 0 Å². The maximum Gasteiger partial charge on any atom is 0.316 e. The summed E-state index contributed by atoms with van der Waals surface area (Å²) in [5, 5.41) is 8.09. The quantitative estimate of drug-likeness (QED) is 0.753. The molecule has 1 unspecified atom stereocenters. The van der Waals surface area contributed by atoms with E-state index >= 15 is 0 Å². The van der Waals surface area contributed by atoms with Gasteiger partial charge in [-0.15, -0.1) is 0 Å². The molecule has 0 amide bonds. The summed E-state index contributed by atoms with van der Waals surface area (Å²) in [6.45, 7) is 1.59. The largest absolute Gasteiger partial charge is 0.480 e. The lowest BCUT2D eigenvalue weighted by Gasteiger charge is -2.06. The Balaban J connectivity index is 2.56. The van der Waals surface area contributed by atoms with Crippen LogP contribution >= 0.6 is 24.0 Å². The molecule has 13 heavy (non-hydrogen) atoms. The normalized spacial score (nSPS) is 12.4. The number of thioether (sulfide) groups is 1. The molecule has 1 rings (SSSR count). The van der Waals surface area contributed by atoms with Crippen molar-refractivity contribution in [3.63, 3.8) is 0 Å². The van der Waals surface area contributed by atoms with Gasteiger partial charge in [0.05, 0.1) is 0 Å². The molecule has 0 aliphatic carbocycles. The number of carboxylic acids is 1. The van der Waals surface area contributed by atoms with Crippen LogP contribution in [0.4, 0.5) is 0 Å². The zero-order chi connectivity index (χ0) is 9.84. The number of nitrogens with zero attached hydrogens (tertiary/aromatic N) is 2. The number of hydrogen-bond acceptors (Lipinski definition) is 4. The fraction of sp³-hybridized carbons (Fsp3) is 0.286. The van der Waals surface area contributed by atoms with E-state index in [1.807, 2.05) is 0 Å².